The van der Waals surface area contributed by atoms with Crippen molar-refractivity contribution in [2.24, 2.45) is 0 Å². The molecule has 30 heavy (non-hydrogen) atoms. The van der Waals surface area contributed by atoms with E-state index in [4.69, 9.17) is 0 Å². The van der Waals surface area contributed by atoms with Crippen LogP contribution in [0, 0.1) is 0 Å². The lowest BCUT2D eigenvalue weighted by Crippen LogP contribution is -2.38. The first kappa shape index (κ1) is 22.0. The number of carbonyl (C=O) groups excluding carboxylic acids is 2. The highest BCUT2D eigenvalue weighted by Crippen LogP contribution is 2.29. The fourth-order valence-corrected chi connectivity index (χ4v) is 3.92. The summed E-state index contributed by atoms with van der Waals surface area (Å²) in [6, 6.07) is 11.2. The van der Waals surface area contributed by atoms with E-state index in [9.17, 15) is 22.8 Å². The van der Waals surface area contributed by atoms with Crippen molar-refractivity contribution >= 4 is 29.4 Å². The molecule has 5 nitrogen and oxygen atoms in total. The molecule has 1 aliphatic rings. The Morgan fingerprint density at radius 2 is 1.70 bits per heavy atom. The molecule has 0 saturated carbocycles. The summed E-state index contributed by atoms with van der Waals surface area (Å²) in [4.78, 5) is 26.2. The van der Waals surface area contributed by atoms with Gasteiger partial charge in [0.2, 0.25) is 5.91 Å². The van der Waals surface area contributed by atoms with Crippen LogP contribution >= 0.6 is 11.8 Å². The maximum Gasteiger partial charge on any atom is 0.416 e. The minimum absolute atomic E-state index is 0.0313. The number of nitrogens with zero attached hydrogens (tertiary/aromatic N) is 1. The Labute approximate surface area is 177 Å². The largest absolute Gasteiger partial charge is 0.416 e. The first-order chi connectivity index (χ1) is 14.3. The summed E-state index contributed by atoms with van der Waals surface area (Å²) < 4.78 is 38.2. The van der Waals surface area contributed by atoms with Crippen molar-refractivity contribution in [3.63, 3.8) is 0 Å². The smallest absolute Gasteiger partial charge is 0.341 e. The minimum Gasteiger partial charge on any atom is -0.341 e. The molecule has 0 unspecified atom stereocenters. The lowest BCUT2D eigenvalue weighted by atomic mass is 10.1. The highest BCUT2D eigenvalue weighted by atomic mass is 32.2. The van der Waals surface area contributed by atoms with E-state index in [1.165, 1.54) is 12.1 Å². The lowest BCUT2D eigenvalue weighted by Gasteiger charge is -2.26. The predicted molar refractivity (Wildman–Crippen MR) is 111 cm³/mol. The third kappa shape index (κ3) is 6.41. The molecule has 0 aromatic heterocycles. The molecular weight excluding hydrogens is 415 g/mol. The molecular formula is C21H22F3N3O2S. The first-order valence-electron chi connectivity index (χ1n) is 9.47. The molecule has 1 fully saturated rings. The number of benzene rings is 2. The molecule has 2 aromatic rings. The zero-order chi connectivity index (χ0) is 21.6. The molecule has 9 heteroatoms. The number of anilines is 1. The summed E-state index contributed by atoms with van der Waals surface area (Å²) in [7, 11) is 0. The Kier molecular flexibility index (Phi) is 7.25. The Balaban J connectivity index is 1.48. The van der Waals surface area contributed by atoms with E-state index in [-0.39, 0.29) is 12.5 Å². The van der Waals surface area contributed by atoms with Crippen LogP contribution in [0.1, 0.15) is 16.7 Å². The molecule has 3 amide bonds. The van der Waals surface area contributed by atoms with Crippen LogP contribution in [0.15, 0.2) is 48.5 Å². The topological polar surface area (TPSA) is 61.4 Å². The standard InChI is InChI=1S/C21H22F3N3O2S/c22-21(23,24)17-3-1-2-16(12-17)14-25-20(29)26-18-6-4-15(5-7-18)13-19(28)27-8-10-30-11-9-27/h1-7,12H,8-11,13-14H2,(H2,25,26,29). The zero-order valence-electron chi connectivity index (χ0n) is 16.2. The quantitative estimate of drug-likeness (QED) is 0.739. The van der Waals surface area contributed by atoms with Crippen molar-refractivity contribution < 1.29 is 22.8 Å². The maximum absolute atomic E-state index is 12.7. The van der Waals surface area contributed by atoms with Crippen molar-refractivity contribution in [3.05, 3.63) is 65.2 Å². The summed E-state index contributed by atoms with van der Waals surface area (Å²) in [6.07, 6.45) is -4.11. The molecule has 0 atom stereocenters. The van der Waals surface area contributed by atoms with Crippen LogP contribution in [0.3, 0.4) is 0 Å². The zero-order valence-corrected chi connectivity index (χ0v) is 17.0. The van der Waals surface area contributed by atoms with Crippen LogP contribution in [0.4, 0.5) is 23.7 Å². The van der Waals surface area contributed by atoms with Gasteiger partial charge in [0, 0.05) is 36.8 Å². The molecule has 0 spiro atoms. The second-order valence-corrected chi connectivity index (χ2v) is 8.10. The number of carbonyl (C=O) groups is 2. The van der Waals surface area contributed by atoms with Gasteiger partial charge < -0.3 is 15.5 Å². The Morgan fingerprint density at radius 1 is 1.00 bits per heavy atom. The molecule has 2 aromatic carbocycles. The van der Waals surface area contributed by atoms with Crippen molar-refractivity contribution in [2.45, 2.75) is 19.1 Å². The summed E-state index contributed by atoms with van der Waals surface area (Å²) in [6.45, 7) is 1.51. The number of thioether (sulfide) groups is 1. The normalized spacial score (nSPS) is 14.3. The number of rotatable bonds is 5. The highest BCUT2D eigenvalue weighted by Gasteiger charge is 2.30. The van der Waals surface area contributed by atoms with Gasteiger partial charge in [-0.3, -0.25) is 4.79 Å². The third-order valence-corrected chi connectivity index (χ3v) is 5.58. The third-order valence-electron chi connectivity index (χ3n) is 4.64. The molecule has 160 valence electrons. The number of amides is 3. The number of alkyl halides is 3. The molecule has 1 heterocycles. The van der Waals surface area contributed by atoms with Crippen LogP contribution in [0.25, 0.3) is 0 Å². The van der Waals surface area contributed by atoms with Gasteiger partial charge in [-0.1, -0.05) is 24.3 Å². The van der Waals surface area contributed by atoms with Gasteiger partial charge in [0.15, 0.2) is 0 Å². The van der Waals surface area contributed by atoms with Gasteiger partial charge in [-0.15, -0.1) is 0 Å². The fraction of sp³-hybridized carbons (Fsp3) is 0.333. The number of urea groups is 1. The van der Waals surface area contributed by atoms with Crippen LogP contribution < -0.4 is 10.6 Å². The van der Waals surface area contributed by atoms with Crippen LogP contribution in [-0.2, 0) is 23.9 Å². The van der Waals surface area contributed by atoms with Crippen LogP contribution in [-0.4, -0.2) is 41.4 Å². The summed E-state index contributed by atoms with van der Waals surface area (Å²) in [5.41, 5.74) is 0.982. The number of nitrogens with one attached hydrogen (secondary N) is 2. The molecule has 0 radical (unpaired) electrons. The van der Waals surface area contributed by atoms with E-state index in [0.717, 1.165) is 42.3 Å². The van der Waals surface area contributed by atoms with E-state index in [2.05, 4.69) is 10.6 Å². The van der Waals surface area contributed by atoms with E-state index >= 15 is 0 Å². The van der Waals surface area contributed by atoms with Crippen molar-refractivity contribution in [2.75, 3.05) is 29.9 Å². The van der Waals surface area contributed by atoms with E-state index < -0.39 is 17.8 Å². The van der Waals surface area contributed by atoms with Crippen LogP contribution in [0.2, 0.25) is 0 Å². The maximum atomic E-state index is 12.7. The Bertz CT molecular complexity index is 882. The van der Waals surface area contributed by atoms with E-state index in [1.54, 1.807) is 24.3 Å². The van der Waals surface area contributed by atoms with Crippen molar-refractivity contribution in [3.8, 4) is 0 Å². The molecule has 2 N–H and O–H groups in total. The van der Waals surface area contributed by atoms with E-state index in [1.807, 2.05) is 16.7 Å². The molecule has 0 bridgehead atoms. The SMILES string of the molecule is O=C(NCc1cccc(C(F)(F)F)c1)Nc1ccc(CC(=O)N2CCSCC2)cc1. The lowest BCUT2D eigenvalue weighted by molar-refractivity contribution is -0.137. The van der Waals surface area contributed by atoms with Gasteiger partial charge in [-0.25, -0.2) is 4.79 Å². The molecule has 0 aliphatic carbocycles. The number of hydrogen-bond donors (Lipinski definition) is 2. The van der Waals surface area contributed by atoms with Gasteiger partial charge in [-0.2, -0.15) is 24.9 Å². The number of halogens is 3. The minimum atomic E-state index is -4.42. The molecule has 1 aliphatic heterocycles. The second-order valence-electron chi connectivity index (χ2n) is 6.87. The van der Waals surface area contributed by atoms with Gasteiger partial charge in [0.1, 0.15) is 0 Å². The average molecular weight is 437 g/mol. The van der Waals surface area contributed by atoms with Crippen molar-refractivity contribution in [1.82, 2.24) is 10.2 Å². The Morgan fingerprint density at radius 3 is 2.37 bits per heavy atom. The summed E-state index contributed by atoms with van der Waals surface area (Å²) in [5.74, 6) is 2.02. The Hall–Kier alpha value is -2.68. The second kappa shape index (κ2) is 9.88. The van der Waals surface area contributed by atoms with Gasteiger partial charge in [0.05, 0.1) is 12.0 Å². The highest BCUT2D eigenvalue weighted by molar-refractivity contribution is 7.99. The number of hydrogen-bond acceptors (Lipinski definition) is 3. The monoisotopic (exact) mass is 437 g/mol. The fourth-order valence-electron chi connectivity index (χ4n) is 3.02. The van der Waals surface area contributed by atoms with Crippen LogP contribution in [0.5, 0.6) is 0 Å². The molecule has 3 rings (SSSR count). The summed E-state index contributed by atoms with van der Waals surface area (Å²) in [5, 5.41) is 5.17. The average Bonchev–Trinajstić information content (AvgIpc) is 2.74. The summed E-state index contributed by atoms with van der Waals surface area (Å²) >= 11 is 1.84. The molecule has 1 saturated heterocycles. The van der Waals surface area contributed by atoms with Crippen molar-refractivity contribution in [1.29, 1.82) is 0 Å². The van der Waals surface area contributed by atoms with E-state index in [0.29, 0.717) is 17.7 Å². The predicted octanol–water partition coefficient (Wildman–Crippen LogP) is 4.15. The van der Waals surface area contributed by atoms with Gasteiger partial charge >= 0.3 is 12.2 Å². The van der Waals surface area contributed by atoms with Gasteiger partial charge in [-0.05, 0) is 35.4 Å². The van der Waals surface area contributed by atoms with Gasteiger partial charge in [0.25, 0.3) is 0 Å². The first-order valence-corrected chi connectivity index (χ1v) is 10.6.